The summed E-state index contributed by atoms with van der Waals surface area (Å²) in [6.45, 7) is 2.58. The molecule has 0 bridgehead atoms. The van der Waals surface area contributed by atoms with E-state index in [0.717, 1.165) is 18.7 Å². The summed E-state index contributed by atoms with van der Waals surface area (Å²) in [5.74, 6) is 0.0796. The first kappa shape index (κ1) is 14.3. The first-order valence-corrected chi connectivity index (χ1v) is 5.80. The lowest BCUT2D eigenvalue weighted by Crippen LogP contribution is -2.33. The number of nitrogens with two attached hydrogens (primary N) is 1. The minimum atomic E-state index is -0.101. The number of fused-ring (bicyclic) bond motifs is 1. The molecule has 1 aromatic rings. The van der Waals surface area contributed by atoms with Crippen molar-refractivity contribution >= 4 is 35.6 Å². The third-order valence-electron chi connectivity index (χ3n) is 2.74. The van der Waals surface area contributed by atoms with Gasteiger partial charge in [-0.3, -0.25) is 4.79 Å². The van der Waals surface area contributed by atoms with E-state index in [1.54, 1.807) is 4.90 Å². The van der Waals surface area contributed by atoms with E-state index in [1.807, 2.05) is 25.1 Å². The summed E-state index contributed by atoms with van der Waals surface area (Å²) in [5, 5.41) is 0.666. The predicted molar refractivity (Wildman–Crippen MR) is 73.0 cm³/mol. The molecule has 0 aromatic heterocycles. The monoisotopic (exact) mass is 274 g/mol. The van der Waals surface area contributed by atoms with Crippen LogP contribution in [0.3, 0.4) is 0 Å². The zero-order chi connectivity index (χ0) is 11.7. The number of rotatable bonds is 2. The average Bonchev–Trinajstić information content (AvgIpc) is 2.59. The van der Waals surface area contributed by atoms with Gasteiger partial charge in [0, 0.05) is 29.7 Å². The maximum atomic E-state index is 11.9. The fraction of sp³-hybridized carbons (Fsp3) is 0.417. The Labute approximate surface area is 112 Å². The molecule has 17 heavy (non-hydrogen) atoms. The molecule has 94 valence electrons. The first-order chi connectivity index (χ1) is 7.58. The van der Waals surface area contributed by atoms with Crippen LogP contribution in [0.25, 0.3) is 0 Å². The van der Waals surface area contributed by atoms with E-state index in [0.29, 0.717) is 11.4 Å². The van der Waals surface area contributed by atoms with Crippen molar-refractivity contribution in [2.45, 2.75) is 25.8 Å². The lowest BCUT2D eigenvalue weighted by atomic mass is 10.2. The SMILES string of the molecule is CC(N)CC(=O)N1CCc2ccc(Cl)cc21.Cl. The molecule has 0 saturated carbocycles. The third-order valence-corrected chi connectivity index (χ3v) is 2.98. The van der Waals surface area contributed by atoms with Gasteiger partial charge in [0.1, 0.15) is 0 Å². The van der Waals surface area contributed by atoms with Gasteiger partial charge in [-0.25, -0.2) is 0 Å². The summed E-state index contributed by atoms with van der Waals surface area (Å²) in [4.78, 5) is 13.7. The van der Waals surface area contributed by atoms with Crippen LogP contribution >= 0.6 is 24.0 Å². The number of hydrogen-bond donors (Lipinski definition) is 1. The molecule has 1 aliphatic rings. The van der Waals surface area contributed by atoms with Crippen LogP contribution in [-0.2, 0) is 11.2 Å². The molecule has 1 amide bonds. The number of nitrogens with zero attached hydrogens (tertiary/aromatic N) is 1. The fourth-order valence-corrected chi connectivity index (χ4v) is 2.16. The molecule has 1 aromatic carbocycles. The van der Waals surface area contributed by atoms with Crippen LogP contribution in [-0.4, -0.2) is 18.5 Å². The summed E-state index contributed by atoms with van der Waals surface area (Å²) >= 11 is 5.94. The number of carbonyl (C=O) groups is 1. The van der Waals surface area contributed by atoms with E-state index in [-0.39, 0.29) is 24.4 Å². The van der Waals surface area contributed by atoms with Gasteiger partial charge in [-0.05, 0) is 31.0 Å². The minimum Gasteiger partial charge on any atom is -0.327 e. The van der Waals surface area contributed by atoms with Gasteiger partial charge in [0.05, 0.1) is 0 Å². The number of hydrogen-bond acceptors (Lipinski definition) is 2. The molecule has 0 radical (unpaired) electrons. The first-order valence-electron chi connectivity index (χ1n) is 5.42. The van der Waals surface area contributed by atoms with Crippen LogP contribution < -0.4 is 10.6 Å². The van der Waals surface area contributed by atoms with Crippen LogP contribution in [0, 0.1) is 0 Å². The van der Waals surface area contributed by atoms with Crippen molar-refractivity contribution in [1.29, 1.82) is 0 Å². The molecule has 0 saturated heterocycles. The highest BCUT2D eigenvalue weighted by atomic mass is 35.5. The lowest BCUT2D eigenvalue weighted by molar-refractivity contribution is -0.118. The van der Waals surface area contributed by atoms with Gasteiger partial charge in [0.2, 0.25) is 5.91 Å². The molecule has 3 nitrogen and oxygen atoms in total. The molecule has 1 unspecified atom stereocenters. The molecule has 0 fully saturated rings. The van der Waals surface area contributed by atoms with Crippen molar-refractivity contribution in [2.75, 3.05) is 11.4 Å². The van der Waals surface area contributed by atoms with Crippen LogP contribution in [0.1, 0.15) is 18.9 Å². The standard InChI is InChI=1S/C12H15ClN2O.ClH/c1-8(14)6-12(16)15-5-4-9-2-3-10(13)7-11(9)15;/h2-3,7-8H,4-6,14H2,1H3;1H. The highest BCUT2D eigenvalue weighted by molar-refractivity contribution is 6.31. The van der Waals surface area contributed by atoms with Crippen molar-refractivity contribution in [3.63, 3.8) is 0 Å². The van der Waals surface area contributed by atoms with Gasteiger partial charge in [-0.2, -0.15) is 0 Å². The second-order valence-corrected chi connectivity index (χ2v) is 4.69. The molecule has 2 N–H and O–H groups in total. The van der Waals surface area contributed by atoms with Gasteiger partial charge in [0.25, 0.3) is 0 Å². The Hall–Kier alpha value is -0.770. The van der Waals surface area contributed by atoms with Crippen molar-refractivity contribution in [2.24, 2.45) is 5.73 Å². The van der Waals surface area contributed by atoms with E-state index < -0.39 is 0 Å². The maximum absolute atomic E-state index is 11.9. The Morgan fingerprint density at radius 2 is 2.29 bits per heavy atom. The van der Waals surface area contributed by atoms with Crippen LogP contribution in [0.15, 0.2) is 18.2 Å². The number of amides is 1. The molecule has 0 aliphatic carbocycles. The van der Waals surface area contributed by atoms with Gasteiger partial charge >= 0.3 is 0 Å². The van der Waals surface area contributed by atoms with Gasteiger partial charge in [-0.1, -0.05) is 17.7 Å². The summed E-state index contributed by atoms with van der Waals surface area (Å²) in [7, 11) is 0. The van der Waals surface area contributed by atoms with Gasteiger partial charge in [0.15, 0.2) is 0 Å². The largest absolute Gasteiger partial charge is 0.327 e. The van der Waals surface area contributed by atoms with Crippen molar-refractivity contribution in [3.05, 3.63) is 28.8 Å². The Balaban J connectivity index is 0.00000144. The number of carbonyl (C=O) groups excluding carboxylic acids is 1. The highest BCUT2D eigenvalue weighted by Gasteiger charge is 2.24. The number of benzene rings is 1. The van der Waals surface area contributed by atoms with E-state index >= 15 is 0 Å². The molecule has 1 heterocycles. The zero-order valence-corrected chi connectivity index (χ0v) is 11.2. The van der Waals surface area contributed by atoms with E-state index in [1.165, 1.54) is 5.56 Å². The summed E-state index contributed by atoms with van der Waals surface area (Å²) in [6.07, 6.45) is 1.28. The Morgan fingerprint density at radius 3 is 2.94 bits per heavy atom. The number of anilines is 1. The van der Waals surface area contributed by atoms with E-state index in [9.17, 15) is 4.79 Å². The van der Waals surface area contributed by atoms with E-state index in [4.69, 9.17) is 17.3 Å². The van der Waals surface area contributed by atoms with Gasteiger partial charge < -0.3 is 10.6 Å². The quantitative estimate of drug-likeness (QED) is 0.900. The van der Waals surface area contributed by atoms with Gasteiger partial charge in [-0.15, -0.1) is 12.4 Å². The van der Waals surface area contributed by atoms with Crippen molar-refractivity contribution < 1.29 is 4.79 Å². The zero-order valence-electron chi connectivity index (χ0n) is 9.65. The number of halogens is 2. The topological polar surface area (TPSA) is 46.3 Å². The second kappa shape index (κ2) is 5.71. The minimum absolute atomic E-state index is 0. The predicted octanol–water partition coefficient (Wildman–Crippen LogP) is 2.39. The molecule has 2 rings (SSSR count). The normalized spacial score (nSPS) is 15.1. The Bertz CT molecular complexity index is 421. The van der Waals surface area contributed by atoms with Crippen molar-refractivity contribution in [1.82, 2.24) is 0 Å². The molecule has 1 aliphatic heterocycles. The van der Waals surface area contributed by atoms with E-state index in [2.05, 4.69) is 0 Å². The third kappa shape index (κ3) is 3.12. The Kier molecular flexibility index (Phi) is 4.80. The molecular formula is C12H16Cl2N2O. The molecule has 1 atom stereocenters. The molecule has 0 spiro atoms. The second-order valence-electron chi connectivity index (χ2n) is 4.25. The summed E-state index contributed by atoms with van der Waals surface area (Å²) in [5.41, 5.74) is 7.76. The van der Waals surface area contributed by atoms with Crippen LogP contribution in [0.5, 0.6) is 0 Å². The fourth-order valence-electron chi connectivity index (χ4n) is 2.00. The van der Waals surface area contributed by atoms with Crippen LogP contribution in [0.4, 0.5) is 5.69 Å². The summed E-state index contributed by atoms with van der Waals surface area (Å²) < 4.78 is 0. The average molecular weight is 275 g/mol. The highest BCUT2D eigenvalue weighted by Crippen LogP contribution is 2.31. The Morgan fingerprint density at radius 1 is 1.59 bits per heavy atom. The smallest absolute Gasteiger partial charge is 0.228 e. The maximum Gasteiger partial charge on any atom is 0.228 e. The summed E-state index contributed by atoms with van der Waals surface area (Å²) in [6, 6.07) is 5.59. The lowest BCUT2D eigenvalue weighted by Gasteiger charge is -2.18. The van der Waals surface area contributed by atoms with Crippen LogP contribution in [0.2, 0.25) is 5.02 Å². The van der Waals surface area contributed by atoms with Crippen molar-refractivity contribution in [3.8, 4) is 0 Å². The molecular weight excluding hydrogens is 259 g/mol. The molecule has 5 heteroatoms.